The molecule has 0 aromatic heterocycles. The fraction of sp³-hybridized carbons (Fsp3) is 0.424. The number of nitrogens with zero attached hydrogens (tertiary/aromatic N) is 2. The molecule has 0 spiro atoms. The smallest absolute Gasteiger partial charge is 0.255 e. The minimum absolute atomic E-state index is 0.0461. The van der Waals surface area contributed by atoms with Crippen LogP contribution in [0.2, 0.25) is 0 Å². The Morgan fingerprint density at radius 2 is 1.75 bits per heavy atom. The molecule has 44 heavy (non-hydrogen) atoms. The highest BCUT2D eigenvalue weighted by Crippen LogP contribution is 2.53. The number of carbonyl (C=O) groups excluding carboxylic acids is 3. The topological polar surface area (TPSA) is 165 Å². The molecule has 0 bridgehead atoms. The quantitative estimate of drug-likeness (QED) is 0.322. The van der Waals surface area contributed by atoms with E-state index in [0.717, 1.165) is 25.9 Å². The number of Topliss-reactive ketones (excluding diaryl/α,β-unsaturated/α-hetero) is 2. The number of aliphatic hydroxyl groups excluding tert-OH is 2. The molecule has 2 aromatic rings. The zero-order valence-corrected chi connectivity index (χ0v) is 24.6. The van der Waals surface area contributed by atoms with Crippen molar-refractivity contribution in [3.05, 3.63) is 81.4 Å². The summed E-state index contributed by atoms with van der Waals surface area (Å²) in [5.41, 5.74) is 2.79. The van der Waals surface area contributed by atoms with Gasteiger partial charge in [-0.05, 0) is 76.3 Å². The van der Waals surface area contributed by atoms with Crippen molar-refractivity contribution in [3.63, 3.8) is 0 Å². The number of primary amides is 1. The third-order valence-electron chi connectivity index (χ3n) is 9.98. The fourth-order valence-electron chi connectivity index (χ4n) is 7.85. The van der Waals surface area contributed by atoms with E-state index in [-0.39, 0.29) is 41.6 Å². The lowest BCUT2D eigenvalue weighted by Gasteiger charge is -2.50. The molecule has 1 amide bonds. The Balaban J connectivity index is 1.34. The molecule has 1 saturated carbocycles. The number of likely N-dealkylation sites (tertiary alicyclic amines) is 1. The van der Waals surface area contributed by atoms with Gasteiger partial charge in [0, 0.05) is 29.2 Å². The van der Waals surface area contributed by atoms with E-state index in [2.05, 4.69) is 17.0 Å². The number of rotatable bonds is 5. The van der Waals surface area contributed by atoms with Crippen LogP contribution in [0.15, 0.2) is 53.3 Å². The number of aromatic hydroxyl groups is 1. The van der Waals surface area contributed by atoms with Crippen molar-refractivity contribution < 1.29 is 39.2 Å². The van der Waals surface area contributed by atoms with Gasteiger partial charge in [0.2, 0.25) is 5.78 Å². The third-order valence-corrected chi connectivity index (χ3v) is 9.98. The average Bonchev–Trinajstić information content (AvgIpc) is 2.98. The van der Waals surface area contributed by atoms with Gasteiger partial charge >= 0.3 is 0 Å². The van der Waals surface area contributed by atoms with Crippen molar-refractivity contribution in [1.82, 2.24) is 9.80 Å². The highest BCUT2D eigenvalue weighted by atomic mass is 19.1. The van der Waals surface area contributed by atoms with Gasteiger partial charge in [-0.25, -0.2) is 4.39 Å². The van der Waals surface area contributed by atoms with Crippen LogP contribution < -0.4 is 5.73 Å². The van der Waals surface area contributed by atoms with Crippen LogP contribution >= 0.6 is 0 Å². The normalized spacial score (nSPS) is 27.8. The summed E-state index contributed by atoms with van der Waals surface area (Å²) >= 11 is 0. The van der Waals surface area contributed by atoms with Gasteiger partial charge in [0.25, 0.3) is 5.91 Å². The molecule has 2 fully saturated rings. The van der Waals surface area contributed by atoms with E-state index in [4.69, 9.17) is 5.73 Å². The number of hydrogen-bond acceptors (Lipinski definition) is 9. The van der Waals surface area contributed by atoms with E-state index in [1.165, 1.54) is 30.6 Å². The number of nitrogens with two attached hydrogens (primary N) is 1. The zero-order valence-electron chi connectivity index (χ0n) is 24.6. The number of carbonyl (C=O) groups is 3. The van der Waals surface area contributed by atoms with Gasteiger partial charge in [-0.15, -0.1) is 0 Å². The number of aliphatic hydroxyl groups is 3. The van der Waals surface area contributed by atoms with E-state index < -0.39 is 69.6 Å². The number of fused-ring (bicyclic) bond motifs is 3. The predicted molar refractivity (Wildman–Crippen MR) is 158 cm³/mol. The molecule has 1 saturated heterocycles. The second-order valence-corrected chi connectivity index (χ2v) is 12.6. The molecule has 10 nitrogen and oxygen atoms in total. The van der Waals surface area contributed by atoms with E-state index >= 15 is 4.39 Å². The molecule has 4 aliphatic rings. The summed E-state index contributed by atoms with van der Waals surface area (Å²) < 4.78 is 16.2. The Morgan fingerprint density at radius 3 is 2.36 bits per heavy atom. The maximum Gasteiger partial charge on any atom is 0.255 e. The highest BCUT2D eigenvalue weighted by Gasteiger charge is 2.64. The Hall–Kier alpha value is -4.06. The second-order valence-electron chi connectivity index (χ2n) is 12.6. The molecule has 1 aliphatic heterocycles. The highest BCUT2D eigenvalue weighted by molar-refractivity contribution is 6.24. The summed E-state index contributed by atoms with van der Waals surface area (Å²) in [4.78, 5) is 42.8. The summed E-state index contributed by atoms with van der Waals surface area (Å²) in [6.07, 6.45) is 1.64. The monoisotopic (exact) mass is 605 g/mol. The maximum atomic E-state index is 16.2. The molecule has 2 aromatic carbocycles. The molecule has 0 unspecified atom stereocenters. The minimum Gasteiger partial charge on any atom is -0.508 e. The summed E-state index contributed by atoms with van der Waals surface area (Å²) in [6, 6.07) is 10.3. The van der Waals surface area contributed by atoms with E-state index in [9.17, 15) is 34.8 Å². The number of piperidine rings is 1. The van der Waals surface area contributed by atoms with Crippen molar-refractivity contribution in [2.24, 2.45) is 17.6 Å². The summed E-state index contributed by atoms with van der Waals surface area (Å²) in [5, 5.41) is 45.0. The fourth-order valence-corrected chi connectivity index (χ4v) is 7.85. The Labute approximate surface area is 253 Å². The van der Waals surface area contributed by atoms with Crippen molar-refractivity contribution in [1.29, 1.82) is 0 Å². The van der Waals surface area contributed by atoms with Crippen LogP contribution in [0.5, 0.6) is 5.75 Å². The summed E-state index contributed by atoms with van der Waals surface area (Å²) in [6.45, 7) is 1.74. The maximum absolute atomic E-state index is 16.2. The molecule has 6 N–H and O–H groups in total. The lowest BCUT2D eigenvalue weighted by Crippen LogP contribution is -2.65. The van der Waals surface area contributed by atoms with E-state index in [1.807, 2.05) is 18.2 Å². The summed E-state index contributed by atoms with van der Waals surface area (Å²) in [7, 11) is 3.06. The molecule has 1 heterocycles. The van der Waals surface area contributed by atoms with Crippen LogP contribution in [0, 0.1) is 17.7 Å². The van der Waals surface area contributed by atoms with Gasteiger partial charge in [-0.2, -0.15) is 0 Å². The van der Waals surface area contributed by atoms with E-state index in [0.29, 0.717) is 5.92 Å². The SMILES string of the molecule is CN(C)[C@@H]1C(=O)C(C(N)=O)=C(O)[C@@]2(O)C(=O)C3=C(O)c4c(O)cc(CN5CCC(c6ccccc6)CC5)c(F)c4C[C@H]3C[C@@H]12. The molecular weight excluding hydrogens is 569 g/mol. The van der Waals surface area contributed by atoms with Crippen molar-refractivity contribution in [3.8, 4) is 5.75 Å². The predicted octanol–water partition coefficient (Wildman–Crippen LogP) is 2.48. The van der Waals surface area contributed by atoms with Gasteiger partial charge in [0.05, 0.1) is 11.6 Å². The number of likely N-dealkylation sites (N-methyl/N-ethyl adjacent to an activating group) is 1. The van der Waals surface area contributed by atoms with Gasteiger partial charge in [0.15, 0.2) is 11.4 Å². The standard InChI is InChI=1S/C33H36FN3O7/c1-36(2)27-21-13-18-12-20-24(28(39)23(18)30(41)33(21,44)31(42)25(29(27)40)32(35)43)22(38)14-19(26(20)34)15-37-10-8-17(9-11-37)16-6-4-3-5-7-16/h3-7,14,17-18,21,27,38-39,42,44H,8-13,15H2,1-2H3,(H2,35,43)/t18-,21-,27-,33-/m0/s1. The number of ketones is 2. The van der Waals surface area contributed by atoms with Crippen molar-refractivity contribution in [2.75, 3.05) is 27.2 Å². The van der Waals surface area contributed by atoms with Gasteiger partial charge in [0.1, 0.15) is 28.7 Å². The number of benzene rings is 2. The molecule has 6 rings (SSSR count). The molecule has 232 valence electrons. The largest absolute Gasteiger partial charge is 0.508 e. The summed E-state index contributed by atoms with van der Waals surface area (Å²) in [5.74, 6) is -7.75. The second kappa shape index (κ2) is 10.8. The van der Waals surface area contributed by atoms with E-state index in [1.54, 1.807) is 0 Å². The average molecular weight is 606 g/mol. The lowest BCUT2D eigenvalue weighted by atomic mass is 9.57. The van der Waals surface area contributed by atoms with Gasteiger partial charge in [-0.3, -0.25) is 24.2 Å². The Bertz CT molecular complexity index is 1630. The molecule has 0 radical (unpaired) electrons. The molecule has 4 atom stereocenters. The first-order valence-electron chi connectivity index (χ1n) is 14.8. The van der Waals surface area contributed by atoms with Crippen LogP contribution in [0.1, 0.15) is 47.4 Å². The zero-order chi connectivity index (χ0) is 31.7. The molecular formula is C33H36FN3O7. The first-order chi connectivity index (χ1) is 20.9. The van der Waals surface area contributed by atoms with Crippen LogP contribution in [-0.2, 0) is 27.3 Å². The number of hydrogen-bond donors (Lipinski definition) is 5. The first-order valence-corrected chi connectivity index (χ1v) is 14.8. The van der Waals surface area contributed by atoms with Crippen LogP contribution in [0.25, 0.3) is 5.76 Å². The molecule has 3 aliphatic carbocycles. The number of phenolic OH excluding ortho intramolecular Hbond substituents is 1. The first kappa shape index (κ1) is 30.0. The number of phenols is 1. The van der Waals surface area contributed by atoms with Crippen LogP contribution in [0.3, 0.4) is 0 Å². The minimum atomic E-state index is -2.73. The van der Waals surface area contributed by atoms with Crippen LogP contribution in [-0.4, -0.2) is 86.5 Å². The lowest BCUT2D eigenvalue weighted by molar-refractivity contribution is -0.153. The van der Waals surface area contributed by atoms with Crippen molar-refractivity contribution in [2.45, 2.75) is 49.8 Å². The van der Waals surface area contributed by atoms with Crippen molar-refractivity contribution >= 4 is 23.2 Å². The van der Waals surface area contributed by atoms with Crippen LogP contribution in [0.4, 0.5) is 4.39 Å². The van der Waals surface area contributed by atoms with Gasteiger partial charge in [-0.1, -0.05) is 30.3 Å². The van der Waals surface area contributed by atoms with Gasteiger partial charge < -0.3 is 26.2 Å². The Morgan fingerprint density at radius 1 is 1.09 bits per heavy atom. The molecule has 11 heteroatoms. The Kier molecular flexibility index (Phi) is 7.38. The third kappa shape index (κ3) is 4.44. The number of halogens is 1. The number of amides is 1.